The predicted molar refractivity (Wildman–Crippen MR) is 64.9 cm³/mol. The van der Waals surface area contributed by atoms with Crippen molar-refractivity contribution in [3.63, 3.8) is 0 Å². The molecule has 1 aliphatic carbocycles. The Bertz CT molecular complexity index is 296. The molecule has 90 valence electrons. The van der Waals surface area contributed by atoms with E-state index in [4.69, 9.17) is 0 Å². The first-order valence-corrected chi connectivity index (χ1v) is 5.83. The highest BCUT2D eigenvalue weighted by Crippen LogP contribution is 2.37. The Balaban J connectivity index is 2.50. The molecular weight excluding hydrogens is 202 g/mol. The highest BCUT2D eigenvalue weighted by molar-refractivity contribution is 5.88. The first kappa shape index (κ1) is 13.0. The van der Waals surface area contributed by atoms with Gasteiger partial charge in [0.15, 0.2) is 0 Å². The van der Waals surface area contributed by atoms with Gasteiger partial charge >= 0.3 is 0 Å². The molecule has 0 bridgehead atoms. The van der Waals surface area contributed by atoms with Crippen LogP contribution in [0.5, 0.6) is 0 Å². The number of allylic oxidation sites excluding steroid dienone is 3. The van der Waals surface area contributed by atoms with Crippen LogP contribution < -0.4 is 5.32 Å². The minimum absolute atomic E-state index is 0.0790. The number of aliphatic hydroxyl groups is 1. The quantitative estimate of drug-likeness (QED) is 0.564. The van der Waals surface area contributed by atoms with E-state index in [1.165, 1.54) is 6.08 Å². The summed E-state index contributed by atoms with van der Waals surface area (Å²) in [7, 11) is 0. The summed E-state index contributed by atoms with van der Waals surface area (Å²) in [5.41, 5.74) is -0.149. The monoisotopic (exact) mass is 223 g/mol. The molecule has 1 rings (SSSR count). The van der Waals surface area contributed by atoms with Gasteiger partial charge < -0.3 is 10.4 Å². The van der Waals surface area contributed by atoms with Crippen LogP contribution in [-0.4, -0.2) is 23.7 Å². The number of nitrogens with one attached hydrogen (secondary N) is 1. The molecule has 0 heterocycles. The first-order valence-electron chi connectivity index (χ1n) is 5.83. The molecule has 1 fully saturated rings. The molecule has 2 unspecified atom stereocenters. The smallest absolute Gasteiger partial charge is 0.244 e. The van der Waals surface area contributed by atoms with Gasteiger partial charge in [0.05, 0.1) is 6.61 Å². The standard InChI is InChI=1S/C13H21NO2/c1-3-4-5-8-12(16)14-11-7-6-9-13(11,2)10-15/h3-5,8,11,15H,6-7,9-10H2,1-2H3,(H,14,16). The highest BCUT2D eigenvalue weighted by atomic mass is 16.3. The Labute approximate surface area is 97.2 Å². The summed E-state index contributed by atoms with van der Waals surface area (Å²) in [4.78, 5) is 11.6. The Morgan fingerprint density at radius 1 is 1.56 bits per heavy atom. The molecule has 3 nitrogen and oxygen atoms in total. The lowest BCUT2D eigenvalue weighted by molar-refractivity contribution is -0.118. The average Bonchev–Trinajstić information content (AvgIpc) is 2.62. The Morgan fingerprint density at radius 2 is 2.31 bits per heavy atom. The van der Waals surface area contributed by atoms with E-state index in [2.05, 4.69) is 5.32 Å². The van der Waals surface area contributed by atoms with Gasteiger partial charge in [0.1, 0.15) is 0 Å². The van der Waals surface area contributed by atoms with Crippen molar-refractivity contribution in [3.05, 3.63) is 24.3 Å². The lowest BCUT2D eigenvalue weighted by atomic mass is 9.86. The van der Waals surface area contributed by atoms with Crippen LogP contribution in [0.3, 0.4) is 0 Å². The minimum atomic E-state index is -0.149. The van der Waals surface area contributed by atoms with Gasteiger partial charge in [-0.2, -0.15) is 0 Å². The molecule has 16 heavy (non-hydrogen) atoms. The molecule has 0 aromatic carbocycles. The maximum absolute atomic E-state index is 11.6. The molecule has 0 aromatic heterocycles. The van der Waals surface area contributed by atoms with Gasteiger partial charge in [0, 0.05) is 17.5 Å². The molecular formula is C13H21NO2. The molecule has 2 N–H and O–H groups in total. The second kappa shape index (κ2) is 5.85. The molecule has 0 spiro atoms. The normalized spacial score (nSPS) is 30.3. The Morgan fingerprint density at radius 3 is 2.94 bits per heavy atom. The number of hydrogen-bond acceptors (Lipinski definition) is 2. The maximum Gasteiger partial charge on any atom is 0.244 e. The predicted octanol–water partition coefficient (Wildman–Crippen LogP) is 1.79. The van der Waals surface area contributed by atoms with E-state index in [0.717, 1.165) is 19.3 Å². The number of aliphatic hydroxyl groups excluding tert-OH is 1. The zero-order valence-corrected chi connectivity index (χ0v) is 10.1. The molecule has 1 saturated carbocycles. The summed E-state index contributed by atoms with van der Waals surface area (Å²) in [5.74, 6) is -0.0790. The van der Waals surface area contributed by atoms with Gasteiger partial charge in [-0.05, 0) is 19.8 Å². The fourth-order valence-corrected chi connectivity index (χ4v) is 2.14. The van der Waals surface area contributed by atoms with E-state index >= 15 is 0 Å². The van der Waals surface area contributed by atoms with Gasteiger partial charge in [-0.15, -0.1) is 0 Å². The van der Waals surface area contributed by atoms with Crippen molar-refractivity contribution < 1.29 is 9.90 Å². The second-order valence-corrected chi connectivity index (χ2v) is 4.65. The van der Waals surface area contributed by atoms with Crippen LogP contribution in [0.15, 0.2) is 24.3 Å². The van der Waals surface area contributed by atoms with Gasteiger partial charge in [-0.3, -0.25) is 4.79 Å². The van der Waals surface area contributed by atoms with Crippen LogP contribution in [0.4, 0.5) is 0 Å². The van der Waals surface area contributed by atoms with Crippen LogP contribution in [-0.2, 0) is 4.79 Å². The third-order valence-corrected chi connectivity index (χ3v) is 3.31. The van der Waals surface area contributed by atoms with Crippen LogP contribution in [0, 0.1) is 5.41 Å². The van der Waals surface area contributed by atoms with E-state index in [0.29, 0.717) is 0 Å². The molecule has 0 aliphatic heterocycles. The summed E-state index contributed by atoms with van der Waals surface area (Å²) in [6.07, 6.45) is 9.95. The molecule has 2 atom stereocenters. The van der Waals surface area contributed by atoms with Crippen molar-refractivity contribution >= 4 is 5.91 Å². The van der Waals surface area contributed by atoms with Gasteiger partial charge in [0.25, 0.3) is 0 Å². The molecule has 0 aromatic rings. The van der Waals surface area contributed by atoms with Crippen molar-refractivity contribution in [2.24, 2.45) is 5.41 Å². The lowest BCUT2D eigenvalue weighted by Gasteiger charge is -2.29. The van der Waals surface area contributed by atoms with Crippen molar-refractivity contribution in [2.45, 2.75) is 39.2 Å². The molecule has 0 saturated heterocycles. The second-order valence-electron chi connectivity index (χ2n) is 4.65. The van der Waals surface area contributed by atoms with E-state index < -0.39 is 0 Å². The fourth-order valence-electron chi connectivity index (χ4n) is 2.14. The van der Waals surface area contributed by atoms with Crippen molar-refractivity contribution in [2.75, 3.05) is 6.61 Å². The third kappa shape index (κ3) is 3.20. The van der Waals surface area contributed by atoms with Gasteiger partial charge in [-0.25, -0.2) is 0 Å². The Hall–Kier alpha value is -1.09. The third-order valence-electron chi connectivity index (χ3n) is 3.31. The number of rotatable bonds is 4. The van der Waals surface area contributed by atoms with Crippen molar-refractivity contribution in [1.29, 1.82) is 0 Å². The lowest BCUT2D eigenvalue weighted by Crippen LogP contribution is -2.44. The molecule has 1 aliphatic rings. The molecule has 3 heteroatoms. The molecule has 1 amide bonds. The Kier molecular flexibility index (Phi) is 4.74. The van der Waals surface area contributed by atoms with E-state index in [1.54, 1.807) is 6.08 Å². The average molecular weight is 223 g/mol. The van der Waals surface area contributed by atoms with Gasteiger partial charge in [0.2, 0.25) is 5.91 Å². The summed E-state index contributed by atoms with van der Waals surface area (Å²) < 4.78 is 0. The fraction of sp³-hybridized carbons (Fsp3) is 0.615. The number of carbonyl (C=O) groups is 1. The zero-order chi connectivity index (χ0) is 12.0. The topological polar surface area (TPSA) is 49.3 Å². The van der Waals surface area contributed by atoms with Gasteiger partial charge in [-0.1, -0.05) is 31.6 Å². The van der Waals surface area contributed by atoms with Crippen LogP contribution in [0.25, 0.3) is 0 Å². The van der Waals surface area contributed by atoms with Crippen LogP contribution in [0.1, 0.15) is 33.1 Å². The summed E-state index contributed by atoms with van der Waals surface area (Å²) in [6.45, 7) is 4.07. The summed E-state index contributed by atoms with van der Waals surface area (Å²) >= 11 is 0. The van der Waals surface area contributed by atoms with Crippen LogP contribution >= 0.6 is 0 Å². The maximum atomic E-state index is 11.6. The number of hydrogen-bond donors (Lipinski definition) is 2. The zero-order valence-electron chi connectivity index (χ0n) is 10.1. The number of amides is 1. The first-order chi connectivity index (χ1) is 7.62. The van der Waals surface area contributed by atoms with E-state index in [-0.39, 0.29) is 24.0 Å². The summed E-state index contributed by atoms with van der Waals surface area (Å²) in [5, 5.41) is 12.3. The summed E-state index contributed by atoms with van der Waals surface area (Å²) in [6, 6.07) is 0.0975. The highest BCUT2D eigenvalue weighted by Gasteiger charge is 2.38. The minimum Gasteiger partial charge on any atom is -0.396 e. The van der Waals surface area contributed by atoms with Crippen molar-refractivity contribution in [3.8, 4) is 0 Å². The largest absolute Gasteiger partial charge is 0.396 e. The van der Waals surface area contributed by atoms with Crippen LogP contribution in [0.2, 0.25) is 0 Å². The SMILES string of the molecule is CC=CC=CC(=O)NC1CCCC1(C)CO. The molecule has 0 radical (unpaired) electrons. The number of carbonyl (C=O) groups excluding carboxylic acids is 1. The van der Waals surface area contributed by atoms with Crippen molar-refractivity contribution in [1.82, 2.24) is 5.32 Å². The van der Waals surface area contributed by atoms with E-state index in [1.807, 2.05) is 26.0 Å². The van der Waals surface area contributed by atoms with E-state index in [9.17, 15) is 9.90 Å².